The van der Waals surface area contributed by atoms with Crippen LogP contribution >= 0.6 is 0 Å². The molecule has 1 aliphatic heterocycles. The summed E-state index contributed by atoms with van der Waals surface area (Å²) in [6, 6.07) is 3.07. The number of alkyl carbamates (subject to hydrolysis) is 1. The number of carbonyl (C=O) groups excluding carboxylic acids is 2. The predicted octanol–water partition coefficient (Wildman–Crippen LogP) is 4.21. The largest absolute Gasteiger partial charge is 0.493 e. The monoisotopic (exact) mass is 487 g/mol. The van der Waals surface area contributed by atoms with E-state index in [1.165, 1.54) is 5.56 Å². The molecule has 0 fully saturated rings. The molecule has 0 unspecified atom stereocenters. The summed E-state index contributed by atoms with van der Waals surface area (Å²) in [6.07, 6.45) is 5.72. The molecule has 192 valence electrons. The van der Waals surface area contributed by atoms with Crippen LogP contribution in [-0.4, -0.2) is 47.6 Å². The van der Waals surface area contributed by atoms with Crippen molar-refractivity contribution in [3.8, 4) is 11.5 Å². The minimum atomic E-state index is -0.963. The SMILES string of the molecule is COc1ccc2c3c1O[C@@H]1C[C@@](O)(CC=C1OC(=O)[C@H](C)NC(=O)OC(C)(C)C)[C@H](CCCC3)C2. The van der Waals surface area contributed by atoms with Crippen LogP contribution in [0.15, 0.2) is 24.0 Å². The third kappa shape index (κ3) is 5.58. The molecule has 2 N–H and O–H groups in total. The molecular formula is C27H37NO7. The molecule has 4 atom stereocenters. The summed E-state index contributed by atoms with van der Waals surface area (Å²) in [5.41, 5.74) is 0.645. The van der Waals surface area contributed by atoms with Crippen LogP contribution in [0.2, 0.25) is 0 Å². The van der Waals surface area contributed by atoms with Crippen molar-refractivity contribution >= 4 is 12.1 Å². The minimum absolute atomic E-state index is 0.0771. The molecule has 4 rings (SSSR count). The van der Waals surface area contributed by atoms with Crippen molar-refractivity contribution in [2.45, 2.75) is 96.0 Å². The van der Waals surface area contributed by atoms with Gasteiger partial charge in [0.25, 0.3) is 0 Å². The van der Waals surface area contributed by atoms with E-state index < -0.39 is 35.4 Å². The zero-order chi connectivity index (χ0) is 25.4. The summed E-state index contributed by atoms with van der Waals surface area (Å²) in [5, 5.41) is 14.2. The van der Waals surface area contributed by atoms with Crippen molar-refractivity contribution in [2.24, 2.45) is 5.92 Å². The molecule has 3 aliphatic rings. The van der Waals surface area contributed by atoms with Crippen molar-refractivity contribution in [1.29, 1.82) is 0 Å². The van der Waals surface area contributed by atoms with E-state index in [2.05, 4.69) is 11.4 Å². The molecule has 2 aliphatic carbocycles. The van der Waals surface area contributed by atoms with Crippen LogP contribution in [0.5, 0.6) is 11.5 Å². The zero-order valence-electron chi connectivity index (χ0n) is 21.3. The summed E-state index contributed by atoms with van der Waals surface area (Å²) in [4.78, 5) is 24.9. The quantitative estimate of drug-likeness (QED) is 0.613. The summed E-state index contributed by atoms with van der Waals surface area (Å²) >= 11 is 0. The van der Waals surface area contributed by atoms with E-state index in [0.717, 1.165) is 37.7 Å². The van der Waals surface area contributed by atoms with Crippen LogP contribution in [0.25, 0.3) is 0 Å². The topological polar surface area (TPSA) is 103 Å². The summed E-state index contributed by atoms with van der Waals surface area (Å²) in [7, 11) is 1.61. The predicted molar refractivity (Wildman–Crippen MR) is 129 cm³/mol. The van der Waals surface area contributed by atoms with Crippen molar-refractivity contribution < 1.29 is 33.6 Å². The molecule has 1 heterocycles. The lowest BCUT2D eigenvalue weighted by Gasteiger charge is -2.41. The van der Waals surface area contributed by atoms with Gasteiger partial charge >= 0.3 is 12.1 Å². The third-order valence-corrected chi connectivity index (χ3v) is 7.08. The number of hydrogen-bond acceptors (Lipinski definition) is 7. The second-order valence-electron chi connectivity index (χ2n) is 10.9. The number of fused-ring (bicyclic) bond motifs is 4. The molecule has 8 heteroatoms. The smallest absolute Gasteiger partial charge is 0.408 e. The van der Waals surface area contributed by atoms with Gasteiger partial charge in [-0.3, -0.25) is 0 Å². The van der Waals surface area contributed by atoms with Gasteiger partial charge in [0.1, 0.15) is 17.4 Å². The Labute approximate surface area is 207 Å². The van der Waals surface area contributed by atoms with Gasteiger partial charge in [-0.15, -0.1) is 0 Å². The second-order valence-corrected chi connectivity index (χ2v) is 10.9. The van der Waals surface area contributed by atoms with Gasteiger partial charge in [0, 0.05) is 12.0 Å². The Hall–Kier alpha value is -2.74. The summed E-state index contributed by atoms with van der Waals surface area (Å²) in [6.45, 7) is 6.79. The van der Waals surface area contributed by atoms with E-state index in [1.54, 1.807) is 40.9 Å². The van der Waals surface area contributed by atoms with Crippen LogP contribution in [-0.2, 0) is 27.1 Å². The fraction of sp³-hybridized carbons (Fsp3) is 0.630. The van der Waals surface area contributed by atoms with Crippen molar-refractivity contribution in [3.05, 3.63) is 35.1 Å². The van der Waals surface area contributed by atoms with E-state index in [1.807, 2.05) is 6.07 Å². The summed E-state index contributed by atoms with van der Waals surface area (Å²) < 4.78 is 23.1. The highest BCUT2D eigenvalue weighted by Gasteiger charge is 2.45. The average Bonchev–Trinajstić information content (AvgIpc) is 2.75. The number of esters is 1. The van der Waals surface area contributed by atoms with Gasteiger partial charge in [0.15, 0.2) is 17.6 Å². The second kappa shape index (κ2) is 9.72. The molecule has 1 amide bonds. The fourth-order valence-electron chi connectivity index (χ4n) is 5.27. The third-order valence-electron chi connectivity index (χ3n) is 7.08. The number of methoxy groups -OCH3 is 1. The number of rotatable bonds is 4. The first-order valence-corrected chi connectivity index (χ1v) is 12.5. The molecule has 0 saturated heterocycles. The molecule has 0 aromatic heterocycles. The number of nitrogens with one attached hydrogen (secondary N) is 1. The fourth-order valence-corrected chi connectivity index (χ4v) is 5.27. The Bertz CT molecular complexity index is 1010. The Morgan fingerprint density at radius 2 is 2.03 bits per heavy atom. The molecule has 1 aromatic carbocycles. The van der Waals surface area contributed by atoms with Gasteiger partial charge < -0.3 is 29.4 Å². The van der Waals surface area contributed by atoms with Gasteiger partial charge in [0.2, 0.25) is 0 Å². The van der Waals surface area contributed by atoms with Gasteiger partial charge in [0.05, 0.1) is 12.7 Å². The van der Waals surface area contributed by atoms with Crippen LogP contribution in [0.4, 0.5) is 4.79 Å². The molecule has 0 radical (unpaired) electrons. The highest BCUT2D eigenvalue weighted by molar-refractivity contribution is 5.81. The number of amides is 1. The van der Waals surface area contributed by atoms with Gasteiger partial charge in [-0.1, -0.05) is 12.5 Å². The van der Waals surface area contributed by atoms with E-state index >= 15 is 0 Å². The molecule has 1 aromatic rings. The first-order chi connectivity index (χ1) is 16.5. The highest BCUT2D eigenvalue weighted by Crippen LogP contribution is 2.47. The average molecular weight is 488 g/mol. The van der Waals surface area contributed by atoms with Crippen molar-refractivity contribution in [2.75, 3.05) is 7.11 Å². The summed E-state index contributed by atoms with van der Waals surface area (Å²) in [5.74, 6) is 1.08. The van der Waals surface area contributed by atoms with Crippen LogP contribution in [0.3, 0.4) is 0 Å². The Morgan fingerprint density at radius 1 is 1.26 bits per heavy atom. The van der Waals surface area contributed by atoms with Crippen molar-refractivity contribution in [1.82, 2.24) is 5.32 Å². The molecule has 6 bridgehead atoms. The molecule has 8 nitrogen and oxygen atoms in total. The maximum Gasteiger partial charge on any atom is 0.408 e. The van der Waals surface area contributed by atoms with E-state index in [-0.39, 0.29) is 5.92 Å². The van der Waals surface area contributed by atoms with Gasteiger partial charge in [-0.2, -0.15) is 0 Å². The Balaban J connectivity index is 1.60. The Kier molecular flexibility index (Phi) is 7.04. The normalized spacial score (nSPS) is 26.4. The molecule has 35 heavy (non-hydrogen) atoms. The number of carbonyl (C=O) groups is 2. The number of ether oxygens (including phenoxy) is 4. The standard InChI is InChI=1S/C27H37NO7/c1-16(28-25(30)35-26(2,3)4)24(29)34-20-12-13-27(31)15-22(20)33-23-19-9-7-6-8-18(27)14-17(19)10-11-21(23)32-5/h10-12,16,18,22,31H,6-9,13-15H2,1-5H3,(H,28,30)/t16-,18+,22+,27-/m0/s1. The maximum absolute atomic E-state index is 12.9. The van der Waals surface area contributed by atoms with Crippen LogP contribution < -0.4 is 14.8 Å². The van der Waals surface area contributed by atoms with Crippen molar-refractivity contribution in [3.63, 3.8) is 0 Å². The highest BCUT2D eigenvalue weighted by atomic mass is 16.6. The number of hydrogen-bond donors (Lipinski definition) is 2. The lowest BCUT2D eigenvalue weighted by atomic mass is 9.71. The van der Waals surface area contributed by atoms with E-state index in [0.29, 0.717) is 30.1 Å². The van der Waals surface area contributed by atoms with Gasteiger partial charge in [-0.25, -0.2) is 9.59 Å². The Morgan fingerprint density at radius 3 is 2.74 bits per heavy atom. The zero-order valence-corrected chi connectivity index (χ0v) is 21.3. The minimum Gasteiger partial charge on any atom is -0.493 e. The lowest BCUT2D eigenvalue weighted by Crippen LogP contribution is -2.47. The van der Waals surface area contributed by atoms with E-state index in [9.17, 15) is 14.7 Å². The van der Waals surface area contributed by atoms with Gasteiger partial charge in [-0.05, 0) is 83.4 Å². The maximum atomic E-state index is 12.9. The van der Waals surface area contributed by atoms with Crippen LogP contribution in [0, 0.1) is 5.92 Å². The first kappa shape index (κ1) is 25.4. The number of aliphatic hydroxyl groups is 1. The van der Waals surface area contributed by atoms with E-state index in [4.69, 9.17) is 18.9 Å². The first-order valence-electron chi connectivity index (χ1n) is 12.5. The van der Waals surface area contributed by atoms with Crippen LogP contribution in [0.1, 0.15) is 70.9 Å². The number of benzene rings is 1. The molecule has 0 saturated carbocycles. The lowest BCUT2D eigenvalue weighted by molar-refractivity contribution is -0.144. The molecular weight excluding hydrogens is 450 g/mol. The molecule has 0 spiro atoms.